The largest absolute Gasteiger partial charge is 0.360 e. The smallest absolute Gasteiger partial charge is 0.202 e. The molecule has 3 nitrogen and oxygen atoms in total. The van der Waals surface area contributed by atoms with Crippen LogP contribution in [0.15, 0.2) is 30.3 Å². The first-order valence-electron chi connectivity index (χ1n) is 6.60. The average molecular weight is 275 g/mol. The highest BCUT2D eigenvalue weighted by Gasteiger charge is 2.19. The molecule has 4 heteroatoms. The van der Waals surface area contributed by atoms with Gasteiger partial charge in [0.1, 0.15) is 5.82 Å². The Labute approximate surface area is 119 Å². The molecular weight excluding hydrogens is 254 g/mol. The number of aromatic nitrogens is 2. The van der Waals surface area contributed by atoms with E-state index in [9.17, 15) is 0 Å². The lowest BCUT2D eigenvalue weighted by molar-refractivity contribution is 0.555. The van der Waals surface area contributed by atoms with E-state index in [0.29, 0.717) is 5.92 Å². The Morgan fingerprint density at radius 1 is 1.21 bits per heavy atom. The van der Waals surface area contributed by atoms with Crippen LogP contribution in [-0.4, -0.2) is 15.9 Å². The van der Waals surface area contributed by atoms with Crippen LogP contribution in [0.25, 0.3) is 0 Å². The topological polar surface area (TPSA) is 37.8 Å². The van der Waals surface area contributed by atoms with Gasteiger partial charge in [-0.2, -0.15) is 4.37 Å². The summed E-state index contributed by atoms with van der Waals surface area (Å²) in [4.78, 5) is 4.54. The molecule has 0 aliphatic rings. The molecular formula is C15H21N3S. The van der Waals surface area contributed by atoms with Crippen molar-refractivity contribution in [2.24, 2.45) is 0 Å². The average Bonchev–Trinajstić information content (AvgIpc) is 2.86. The maximum atomic E-state index is 4.54. The molecule has 2 rings (SSSR count). The summed E-state index contributed by atoms with van der Waals surface area (Å²) in [5.74, 6) is 1.37. The van der Waals surface area contributed by atoms with E-state index < -0.39 is 0 Å². The fraction of sp³-hybridized carbons (Fsp3) is 0.467. The van der Waals surface area contributed by atoms with E-state index in [2.05, 4.69) is 66.6 Å². The highest BCUT2D eigenvalue weighted by Crippen LogP contribution is 2.23. The van der Waals surface area contributed by atoms with Gasteiger partial charge in [-0.05, 0) is 11.5 Å². The van der Waals surface area contributed by atoms with E-state index in [1.165, 1.54) is 17.1 Å². The summed E-state index contributed by atoms with van der Waals surface area (Å²) in [7, 11) is 0. The van der Waals surface area contributed by atoms with Crippen molar-refractivity contribution < 1.29 is 0 Å². The summed E-state index contributed by atoms with van der Waals surface area (Å²) in [6.07, 6.45) is 0. The minimum atomic E-state index is 0.0154. The van der Waals surface area contributed by atoms with Crippen LogP contribution in [0.4, 0.5) is 5.13 Å². The van der Waals surface area contributed by atoms with Crippen molar-refractivity contribution in [1.29, 1.82) is 0 Å². The van der Waals surface area contributed by atoms with Crippen LogP contribution in [0.5, 0.6) is 0 Å². The maximum Gasteiger partial charge on any atom is 0.202 e. The van der Waals surface area contributed by atoms with Gasteiger partial charge in [0.05, 0.1) is 0 Å². The second kappa shape index (κ2) is 5.70. The number of nitrogens with zero attached hydrogens (tertiary/aromatic N) is 2. The van der Waals surface area contributed by atoms with Crippen LogP contribution >= 0.6 is 11.5 Å². The normalized spacial score (nSPS) is 13.3. The lowest BCUT2D eigenvalue weighted by atomic mass is 9.96. The van der Waals surface area contributed by atoms with Crippen molar-refractivity contribution in [2.45, 2.75) is 39.0 Å². The van der Waals surface area contributed by atoms with Crippen molar-refractivity contribution in [3.05, 3.63) is 41.7 Å². The summed E-state index contributed by atoms with van der Waals surface area (Å²) in [6, 6.07) is 10.5. The number of rotatable bonds is 4. The molecule has 102 valence electrons. The zero-order valence-electron chi connectivity index (χ0n) is 12.0. The Morgan fingerprint density at radius 2 is 1.89 bits per heavy atom. The van der Waals surface area contributed by atoms with Crippen molar-refractivity contribution in [1.82, 2.24) is 9.36 Å². The molecule has 0 saturated heterocycles. The number of hydrogen-bond donors (Lipinski definition) is 1. The highest BCUT2D eigenvalue weighted by atomic mass is 32.1. The molecule has 0 bridgehead atoms. The van der Waals surface area contributed by atoms with Gasteiger partial charge in [-0.15, -0.1) is 0 Å². The van der Waals surface area contributed by atoms with Crippen LogP contribution in [0.3, 0.4) is 0 Å². The lowest BCUT2D eigenvalue weighted by Gasteiger charge is -2.13. The summed E-state index contributed by atoms with van der Waals surface area (Å²) < 4.78 is 4.41. The van der Waals surface area contributed by atoms with E-state index >= 15 is 0 Å². The fourth-order valence-corrected chi connectivity index (χ4v) is 2.50. The molecule has 1 aromatic carbocycles. The minimum Gasteiger partial charge on any atom is -0.360 e. The van der Waals surface area contributed by atoms with Crippen molar-refractivity contribution in [2.75, 3.05) is 11.9 Å². The first-order valence-corrected chi connectivity index (χ1v) is 7.37. The van der Waals surface area contributed by atoms with Crippen LogP contribution in [0.1, 0.15) is 45.0 Å². The number of anilines is 1. The summed E-state index contributed by atoms with van der Waals surface area (Å²) in [5, 5.41) is 4.29. The molecule has 0 radical (unpaired) electrons. The molecule has 1 N–H and O–H groups in total. The zero-order valence-corrected chi connectivity index (χ0v) is 12.8. The van der Waals surface area contributed by atoms with Crippen molar-refractivity contribution in [3.8, 4) is 0 Å². The van der Waals surface area contributed by atoms with Crippen LogP contribution in [0.2, 0.25) is 0 Å². The summed E-state index contributed by atoms with van der Waals surface area (Å²) >= 11 is 1.44. The van der Waals surface area contributed by atoms with Crippen molar-refractivity contribution in [3.63, 3.8) is 0 Å². The molecule has 19 heavy (non-hydrogen) atoms. The molecule has 0 aliphatic heterocycles. The van der Waals surface area contributed by atoms with Gasteiger partial charge in [-0.25, -0.2) is 4.98 Å². The van der Waals surface area contributed by atoms with E-state index in [-0.39, 0.29) is 5.41 Å². The monoisotopic (exact) mass is 275 g/mol. The van der Waals surface area contributed by atoms with Gasteiger partial charge in [0, 0.05) is 23.5 Å². The first-order chi connectivity index (χ1) is 8.97. The Morgan fingerprint density at radius 3 is 2.47 bits per heavy atom. The molecule has 1 aromatic heterocycles. The third-order valence-electron chi connectivity index (χ3n) is 3.02. The quantitative estimate of drug-likeness (QED) is 0.914. The fourth-order valence-electron chi connectivity index (χ4n) is 1.74. The van der Waals surface area contributed by atoms with Gasteiger partial charge in [0.25, 0.3) is 0 Å². The summed E-state index contributed by atoms with van der Waals surface area (Å²) in [6.45, 7) is 9.49. The van der Waals surface area contributed by atoms with Gasteiger partial charge in [-0.3, -0.25) is 0 Å². The van der Waals surface area contributed by atoms with E-state index in [1.807, 2.05) is 6.07 Å². The van der Waals surface area contributed by atoms with E-state index in [4.69, 9.17) is 0 Å². The van der Waals surface area contributed by atoms with Gasteiger partial charge in [-0.1, -0.05) is 58.0 Å². The molecule has 0 saturated carbocycles. The van der Waals surface area contributed by atoms with Crippen molar-refractivity contribution >= 4 is 16.7 Å². The number of nitrogens with one attached hydrogen (secondary N) is 1. The third-order valence-corrected chi connectivity index (χ3v) is 3.70. The highest BCUT2D eigenvalue weighted by molar-refractivity contribution is 7.09. The predicted octanol–water partition coefficient (Wildman–Crippen LogP) is 4.05. The predicted molar refractivity (Wildman–Crippen MR) is 82.0 cm³/mol. The van der Waals surface area contributed by atoms with E-state index in [1.54, 1.807) is 0 Å². The molecule has 0 fully saturated rings. The Bertz CT molecular complexity index is 514. The van der Waals surface area contributed by atoms with Crippen LogP contribution in [-0.2, 0) is 5.41 Å². The number of hydrogen-bond acceptors (Lipinski definition) is 4. The third kappa shape index (κ3) is 3.77. The van der Waals surface area contributed by atoms with Gasteiger partial charge < -0.3 is 5.32 Å². The standard InChI is InChI=1S/C15H21N3S/c1-11(12-8-6-5-7-9-12)10-16-14-17-13(18-19-14)15(2,3)4/h5-9,11H,10H2,1-4H3,(H,16,17,18). The second-order valence-corrected chi connectivity index (χ2v) is 6.62. The molecule has 0 spiro atoms. The molecule has 0 aliphatic carbocycles. The lowest BCUT2D eigenvalue weighted by Crippen LogP contribution is -2.14. The SMILES string of the molecule is CC(CNc1nc(C(C)(C)C)ns1)c1ccccc1. The minimum absolute atomic E-state index is 0.0154. The van der Waals surface area contributed by atoms with Crippen LogP contribution in [0, 0.1) is 0 Å². The van der Waals surface area contributed by atoms with Gasteiger partial charge >= 0.3 is 0 Å². The van der Waals surface area contributed by atoms with Gasteiger partial charge in [0.2, 0.25) is 5.13 Å². The Hall–Kier alpha value is -1.42. The first kappa shape index (κ1) is 14.0. The molecule has 1 heterocycles. The molecule has 2 aromatic rings. The van der Waals surface area contributed by atoms with Crippen LogP contribution < -0.4 is 5.32 Å². The zero-order chi connectivity index (χ0) is 13.9. The maximum absolute atomic E-state index is 4.54. The number of benzene rings is 1. The molecule has 1 unspecified atom stereocenters. The Balaban J connectivity index is 1.94. The Kier molecular flexibility index (Phi) is 4.20. The second-order valence-electron chi connectivity index (χ2n) is 5.87. The van der Waals surface area contributed by atoms with E-state index in [0.717, 1.165) is 17.5 Å². The summed E-state index contributed by atoms with van der Waals surface area (Å²) in [5.41, 5.74) is 1.36. The molecule has 1 atom stereocenters. The van der Waals surface area contributed by atoms with Gasteiger partial charge in [0.15, 0.2) is 0 Å². The molecule has 0 amide bonds.